The number of aryl methyl sites for hydroxylation is 1. The molecule has 1 aromatic heterocycles. The molecule has 0 bridgehead atoms. The first-order valence-electron chi connectivity index (χ1n) is 6.25. The van der Waals surface area contributed by atoms with E-state index in [0.717, 1.165) is 24.1 Å². The maximum Gasteiger partial charge on any atom is 0.416 e. The van der Waals surface area contributed by atoms with Crippen LogP contribution in [0.5, 0.6) is 0 Å². The maximum absolute atomic E-state index is 12.8. The lowest BCUT2D eigenvalue weighted by atomic mass is 9.98. The molecule has 0 aliphatic carbocycles. The minimum absolute atomic E-state index is 0.346. The van der Waals surface area contributed by atoms with E-state index in [1.165, 1.54) is 6.07 Å². The summed E-state index contributed by atoms with van der Waals surface area (Å²) in [5.41, 5.74) is 3.61. The molecule has 0 aliphatic heterocycles. The molecule has 114 valence electrons. The first-order valence-corrected chi connectivity index (χ1v) is 7.99. The second-order valence-corrected chi connectivity index (χ2v) is 6.26. The molecule has 0 radical (unpaired) electrons. The van der Waals surface area contributed by atoms with Gasteiger partial charge in [-0.3, -0.25) is 11.3 Å². The first-order chi connectivity index (χ1) is 9.91. The van der Waals surface area contributed by atoms with Crippen LogP contribution in [0.15, 0.2) is 39.5 Å². The van der Waals surface area contributed by atoms with Gasteiger partial charge >= 0.3 is 6.18 Å². The highest BCUT2D eigenvalue weighted by Crippen LogP contribution is 2.34. The quantitative estimate of drug-likeness (QED) is 0.586. The number of rotatable bonds is 5. The fourth-order valence-electron chi connectivity index (χ4n) is 2.06. The lowest BCUT2D eigenvalue weighted by molar-refractivity contribution is -0.137. The number of nitrogens with one attached hydrogen (secondary N) is 1. The van der Waals surface area contributed by atoms with Crippen molar-refractivity contribution < 1.29 is 13.2 Å². The Balaban J connectivity index is 2.20. The van der Waals surface area contributed by atoms with Gasteiger partial charge in [0.1, 0.15) is 0 Å². The largest absolute Gasteiger partial charge is 0.416 e. The van der Waals surface area contributed by atoms with E-state index in [0.29, 0.717) is 16.5 Å². The summed E-state index contributed by atoms with van der Waals surface area (Å²) in [5.74, 6) is 5.52. The molecule has 2 nitrogen and oxygen atoms in total. The lowest BCUT2D eigenvalue weighted by Gasteiger charge is -2.19. The highest BCUT2D eigenvalue weighted by Gasteiger charge is 2.31. The van der Waals surface area contributed by atoms with Crippen molar-refractivity contribution in [3.8, 4) is 0 Å². The zero-order valence-corrected chi connectivity index (χ0v) is 13.4. The molecular formula is C14H14BrF3N2S. The van der Waals surface area contributed by atoms with Gasteiger partial charge in [-0.1, -0.05) is 15.9 Å². The smallest absolute Gasteiger partial charge is 0.271 e. The molecule has 0 spiro atoms. The van der Waals surface area contributed by atoms with Crippen molar-refractivity contribution in [3.63, 3.8) is 0 Å². The van der Waals surface area contributed by atoms with Crippen LogP contribution in [-0.4, -0.2) is 0 Å². The van der Waals surface area contributed by atoms with E-state index in [9.17, 15) is 13.2 Å². The Morgan fingerprint density at radius 1 is 1.29 bits per heavy atom. The molecule has 21 heavy (non-hydrogen) atoms. The van der Waals surface area contributed by atoms with Crippen molar-refractivity contribution in [1.82, 2.24) is 5.43 Å². The van der Waals surface area contributed by atoms with E-state index in [4.69, 9.17) is 5.84 Å². The summed E-state index contributed by atoms with van der Waals surface area (Å²) in [4.78, 5) is 0. The van der Waals surface area contributed by atoms with Gasteiger partial charge in [0.15, 0.2) is 0 Å². The standard InChI is InChI=1S/C14H14BrF3N2S/c15-12-3-2-10(14(16,17)18)7-11(12)13(20-19)4-1-9-5-6-21-8-9/h2-3,5-8,13,20H,1,4,19H2. The van der Waals surface area contributed by atoms with Crippen molar-refractivity contribution in [1.29, 1.82) is 0 Å². The Kier molecular flexibility index (Phi) is 5.43. The van der Waals surface area contributed by atoms with Crippen LogP contribution >= 0.6 is 27.3 Å². The van der Waals surface area contributed by atoms with E-state index < -0.39 is 11.7 Å². The highest BCUT2D eigenvalue weighted by molar-refractivity contribution is 9.10. The SMILES string of the molecule is NNC(CCc1ccsc1)c1cc(C(F)(F)F)ccc1Br. The highest BCUT2D eigenvalue weighted by atomic mass is 79.9. The van der Waals surface area contributed by atoms with Gasteiger partial charge in [-0.25, -0.2) is 0 Å². The maximum atomic E-state index is 12.8. The van der Waals surface area contributed by atoms with Gasteiger partial charge in [0.05, 0.1) is 5.56 Å². The number of hydrogen-bond acceptors (Lipinski definition) is 3. The van der Waals surface area contributed by atoms with Crippen LogP contribution in [-0.2, 0) is 12.6 Å². The van der Waals surface area contributed by atoms with Crippen LogP contribution in [0.2, 0.25) is 0 Å². The predicted molar refractivity (Wildman–Crippen MR) is 81.8 cm³/mol. The molecule has 0 fully saturated rings. The number of benzene rings is 1. The Labute approximate surface area is 133 Å². The van der Waals surface area contributed by atoms with Crippen molar-refractivity contribution >= 4 is 27.3 Å². The Morgan fingerprint density at radius 2 is 2.05 bits per heavy atom. The monoisotopic (exact) mass is 378 g/mol. The molecule has 0 aliphatic rings. The summed E-state index contributed by atoms with van der Waals surface area (Å²) < 4.78 is 39.0. The average Bonchev–Trinajstić information content (AvgIpc) is 2.93. The first kappa shape index (κ1) is 16.5. The van der Waals surface area contributed by atoms with E-state index in [2.05, 4.69) is 21.4 Å². The number of hydrogen-bond donors (Lipinski definition) is 2. The molecule has 0 saturated carbocycles. The van der Waals surface area contributed by atoms with Gasteiger partial charge in [0.2, 0.25) is 0 Å². The average molecular weight is 379 g/mol. The number of hydrazine groups is 1. The summed E-state index contributed by atoms with van der Waals surface area (Å²) >= 11 is 4.89. The zero-order chi connectivity index (χ0) is 15.5. The lowest BCUT2D eigenvalue weighted by Crippen LogP contribution is -2.29. The number of nitrogens with two attached hydrogens (primary N) is 1. The van der Waals surface area contributed by atoms with Crippen molar-refractivity contribution in [2.75, 3.05) is 0 Å². The molecule has 1 aromatic carbocycles. The molecule has 2 rings (SSSR count). The molecule has 1 unspecified atom stereocenters. The summed E-state index contributed by atoms with van der Waals surface area (Å²) in [6.45, 7) is 0. The van der Waals surface area contributed by atoms with Crippen LogP contribution in [0.25, 0.3) is 0 Å². The second-order valence-electron chi connectivity index (χ2n) is 4.62. The van der Waals surface area contributed by atoms with Gasteiger partial charge in [0, 0.05) is 10.5 Å². The third-order valence-corrected chi connectivity index (χ3v) is 4.66. The van der Waals surface area contributed by atoms with E-state index in [1.54, 1.807) is 11.3 Å². The van der Waals surface area contributed by atoms with Crippen molar-refractivity contribution in [3.05, 3.63) is 56.2 Å². The van der Waals surface area contributed by atoms with Gasteiger partial charge in [-0.05, 0) is 59.0 Å². The Hall–Kier alpha value is -0.890. The van der Waals surface area contributed by atoms with Crippen LogP contribution in [0.1, 0.15) is 29.2 Å². The van der Waals surface area contributed by atoms with E-state index in [-0.39, 0.29) is 6.04 Å². The minimum atomic E-state index is -4.36. The number of thiophene rings is 1. The number of alkyl halides is 3. The van der Waals surface area contributed by atoms with E-state index >= 15 is 0 Å². The summed E-state index contributed by atoms with van der Waals surface area (Å²) in [6.07, 6.45) is -2.99. The molecule has 1 heterocycles. The summed E-state index contributed by atoms with van der Waals surface area (Å²) in [7, 11) is 0. The third-order valence-electron chi connectivity index (χ3n) is 3.20. The molecular weight excluding hydrogens is 365 g/mol. The van der Waals surface area contributed by atoms with Crippen molar-refractivity contribution in [2.24, 2.45) is 5.84 Å². The van der Waals surface area contributed by atoms with Gasteiger partial charge in [-0.15, -0.1) is 0 Å². The van der Waals surface area contributed by atoms with Gasteiger partial charge in [0.25, 0.3) is 0 Å². The fraction of sp³-hybridized carbons (Fsp3) is 0.286. The number of halogens is 4. The summed E-state index contributed by atoms with van der Waals surface area (Å²) in [6, 6.07) is 5.26. The van der Waals surface area contributed by atoms with Gasteiger partial charge < -0.3 is 0 Å². The zero-order valence-electron chi connectivity index (χ0n) is 11.0. The Bertz CT molecular complexity index is 584. The third kappa shape index (κ3) is 4.29. The van der Waals surface area contributed by atoms with Crippen molar-refractivity contribution in [2.45, 2.75) is 25.1 Å². The van der Waals surface area contributed by atoms with E-state index in [1.807, 2.05) is 16.8 Å². The topological polar surface area (TPSA) is 38.0 Å². The minimum Gasteiger partial charge on any atom is -0.271 e. The molecule has 3 N–H and O–H groups in total. The van der Waals surface area contributed by atoms with Crippen LogP contribution in [0.3, 0.4) is 0 Å². The molecule has 1 atom stereocenters. The molecule has 2 aromatic rings. The molecule has 7 heteroatoms. The Morgan fingerprint density at radius 3 is 2.62 bits per heavy atom. The normalized spacial score (nSPS) is 13.4. The molecule has 0 saturated heterocycles. The van der Waals surface area contributed by atoms with Gasteiger partial charge in [-0.2, -0.15) is 24.5 Å². The predicted octanol–water partition coefficient (Wildman–Crippen LogP) is 4.67. The molecule has 0 amide bonds. The van der Waals surface area contributed by atoms with Crippen LogP contribution in [0, 0.1) is 0 Å². The van der Waals surface area contributed by atoms with Crippen LogP contribution in [0.4, 0.5) is 13.2 Å². The fourth-order valence-corrected chi connectivity index (χ4v) is 3.29. The van der Waals surface area contributed by atoms with Crippen LogP contribution < -0.4 is 11.3 Å². The summed E-state index contributed by atoms with van der Waals surface area (Å²) in [5, 5.41) is 4.00. The second kappa shape index (κ2) is 6.91.